The van der Waals surface area contributed by atoms with Crippen LogP contribution in [0.4, 0.5) is 0 Å². The molecular formula is C8H19NO2Si. The van der Waals surface area contributed by atoms with Crippen molar-refractivity contribution in [2.45, 2.75) is 32.1 Å². The molecule has 0 radical (unpaired) electrons. The summed E-state index contributed by atoms with van der Waals surface area (Å²) in [5.74, 6) is -0.300. The predicted octanol–water partition coefficient (Wildman–Crippen LogP) is 1.22. The van der Waals surface area contributed by atoms with Crippen molar-refractivity contribution < 1.29 is 9.53 Å². The Kier molecular flexibility index (Phi) is 5.16. The molecule has 3 nitrogen and oxygen atoms in total. The van der Waals surface area contributed by atoms with E-state index in [1.165, 1.54) is 6.04 Å². The second kappa shape index (κ2) is 5.32. The van der Waals surface area contributed by atoms with Crippen LogP contribution in [0, 0.1) is 0 Å². The van der Waals surface area contributed by atoms with Crippen LogP contribution in [-0.4, -0.2) is 27.2 Å². The first-order valence-electron chi connectivity index (χ1n) is 4.31. The molecule has 0 aliphatic carbocycles. The Bertz CT molecular complexity index is 142. The first-order chi connectivity index (χ1) is 5.45. The minimum Gasteiger partial charge on any atom is -0.465 e. The quantitative estimate of drug-likeness (QED) is 0.402. The Morgan fingerprint density at radius 1 is 1.42 bits per heavy atom. The second-order valence-electron chi connectivity index (χ2n) is 4.09. The van der Waals surface area contributed by atoms with E-state index in [0.717, 1.165) is 6.42 Å². The van der Waals surface area contributed by atoms with Gasteiger partial charge in [0.1, 0.15) is 0 Å². The molecule has 2 N–H and O–H groups in total. The third-order valence-corrected chi connectivity index (χ3v) is 3.35. The summed E-state index contributed by atoms with van der Waals surface area (Å²) in [5.41, 5.74) is 5.07. The van der Waals surface area contributed by atoms with E-state index in [2.05, 4.69) is 19.6 Å². The van der Waals surface area contributed by atoms with Crippen molar-refractivity contribution in [1.82, 2.24) is 0 Å². The van der Waals surface area contributed by atoms with E-state index in [0.29, 0.717) is 6.61 Å². The number of rotatable bonds is 5. The molecule has 0 spiro atoms. The van der Waals surface area contributed by atoms with Crippen LogP contribution in [0.2, 0.25) is 25.7 Å². The molecular weight excluding hydrogens is 170 g/mol. The summed E-state index contributed by atoms with van der Waals surface area (Å²) >= 11 is 0. The highest BCUT2D eigenvalue weighted by molar-refractivity contribution is 6.76. The first kappa shape index (κ1) is 11.6. The molecule has 0 saturated heterocycles. The van der Waals surface area contributed by atoms with Crippen molar-refractivity contribution in [2.24, 2.45) is 5.73 Å². The molecule has 0 bridgehead atoms. The minimum atomic E-state index is -0.962. The van der Waals surface area contributed by atoms with Crippen molar-refractivity contribution in [2.75, 3.05) is 13.2 Å². The van der Waals surface area contributed by atoms with E-state index in [-0.39, 0.29) is 12.5 Å². The van der Waals surface area contributed by atoms with E-state index in [9.17, 15) is 4.79 Å². The molecule has 0 aliphatic heterocycles. The van der Waals surface area contributed by atoms with Gasteiger partial charge in [0.25, 0.3) is 0 Å². The predicted molar refractivity (Wildman–Crippen MR) is 52.8 cm³/mol. The van der Waals surface area contributed by atoms with Gasteiger partial charge in [-0.15, -0.1) is 0 Å². The molecule has 72 valence electrons. The van der Waals surface area contributed by atoms with E-state index in [1.807, 2.05) is 0 Å². The maximum absolute atomic E-state index is 10.6. The average molecular weight is 189 g/mol. The summed E-state index contributed by atoms with van der Waals surface area (Å²) in [6.07, 6.45) is 0.974. The van der Waals surface area contributed by atoms with Gasteiger partial charge < -0.3 is 10.5 Å². The van der Waals surface area contributed by atoms with Crippen LogP contribution in [-0.2, 0) is 9.53 Å². The number of carbonyl (C=O) groups excluding carboxylic acids is 1. The molecule has 0 fully saturated rings. The number of nitrogens with two attached hydrogens (primary N) is 1. The lowest BCUT2D eigenvalue weighted by Gasteiger charge is -2.14. The summed E-state index contributed by atoms with van der Waals surface area (Å²) in [4.78, 5) is 10.6. The fraction of sp³-hybridized carbons (Fsp3) is 0.875. The summed E-state index contributed by atoms with van der Waals surface area (Å²) in [7, 11) is -0.962. The van der Waals surface area contributed by atoms with Crippen LogP contribution in [0.25, 0.3) is 0 Å². The van der Waals surface area contributed by atoms with Crippen LogP contribution in [0.1, 0.15) is 6.42 Å². The number of esters is 1. The topological polar surface area (TPSA) is 52.3 Å². The molecule has 12 heavy (non-hydrogen) atoms. The van der Waals surface area contributed by atoms with Gasteiger partial charge in [-0.05, 0) is 6.42 Å². The lowest BCUT2D eigenvalue weighted by molar-refractivity contribution is -0.141. The van der Waals surface area contributed by atoms with Crippen LogP contribution in [0.5, 0.6) is 0 Å². The van der Waals surface area contributed by atoms with Gasteiger partial charge in [0.05, 0.1) is 13.2 Å². The van der Waals surface area contributed by atoms with Crippen molar-refractivity contribution >= 4 is 14.0 Å². The van der Waals surface area contributed by atoms with Crippen LogP contribution < -0.4 is 5.73 Å². The van der Waals surface area contributed by atoms with E-state index in [1.54, 1.807) is 0 Å². The van der Waals surface area contributed by atoms with E-state index in [4.69, 9.17) is 10.5 Å². The molecule has 0 heterocycles. The Labute approximate surface area is 75.3 Å². The number of carbonyl (C=O) groups is 1. The Balaban J connectivity index is 3.28. The van der Waals surface area contributed by atoms with Crippen molar-refractivity contribution in [3.8, 4) is 0 Å². The molecule has 0 aromatic rings. The zero-order valence-electron chi connectivity index (χ0n) is 8.22. The molecule has 0 aromatic heterocycles. The first-order valence-corrected chi connectivity index (χ1v) is 8.02. The van der Waals surface area contributed by atoms with E-state index >= 15 is 0 Å². The number of hydrogen-bond donors (Lipinski definition) is 1. The highest BCUT2D eigenvalue weighted by Crippen LogP contribution is 2.10. The van der Waals surface area contributed by atoms with Gasteiger partial charge >= 0.3 is 5.97 Å². The standard InChI is InChI=1S/C8H19NO2Si/c1-12(2,3)6-4-5-11-8(10)7-9/h4-7,9H2,1-3H3. The monoisotopic (exact) mass is 189 g/mol. The number of hydrogen-bond acceptors (Lipinski definition) is 3. The SMILES string of the molecule is C[Si](C)(C)CCCOC(=O)CN. The third kappa shape index (κ3) is 7.75. The van der Waals surface area contributed by atoms with Gasteiger partial charge in [-0.3, -0.25) is 4.79 Å². The third-order valence-electron chi connectivity index (χ3n) is 1.50. The van der Waals surface area contributed by atoms with Gasteiger partial charge in [0, 0.05) is 8.07 Å². The summed E-state index contributed by atoms with van der Waals surface area (Å²) < 4.78 is 4.84. The van der Waals surface area contributed by atoms with Gasteiger partial charge in [0.2, 0.25) is 0 Å². The van der Waals surface area contributed by atoms with Crippen molar-refractivity contribution in [1.29, 1.82) is 0 Å². The second-order valence-corrected chi connectivity index (χ2v) is 9.71. The lowest BCUT2D eigenvalue weighted by Crippen LogP contribution is -2.21. The van der Waals surface area contributed by atoms with Gasteiger partial charge in [0.15, 0.2) is 0 Å². The summed E-state index contributed by atoms with van der Waals surface area (Å²) in [5, 5.41) is 0. The fourth-order valence-corrected chi connectivity index (χ4v) is 2.05. The minimum absolute atomic E-state index is 0.00700. The zero-order chi connectivity index (χ0) is 9.61. The van der Waals surface area contributed by atoms with Gasteiger partial charge in [-0.25, -0.2) is 0 Å². The Hall–Kier alpha value is -0.353. The molecule has 0 aliphatic rings. The van der Waals surface area contributed by atoms with E-state index < -0.39 is 8.07 Å². The maximum atomic E-state index is 10.6. The van der Waals surface area contributed by atoms with Crippen LogP contribution in [0.3, 0.4) is 0 Å². The molecule has 0 saturated carbocycles. The van der Waals surface area contributed by atoms with Crippen molar-refractivity contribution in [3.05, 3.63) is 0 Å². The maximum Gasteiger partial charge on any atom is 0.319 e. The summed E-state index contributed by atoms with van der Waals surface area (Å²) in [6, 6.07) is 1.20. The Morgan fingerprint density at radius 3 is 2.42 bits per heavy atom. The van der Waals surface area contributed by atoms with Crippen molar-refractivity contribution in [3.63, 3.8) is 0 Å². The largest absolute Gasteiger partial charge is 0.465 e. The fourth-order valence-electron chi connectivity index (χ4n) is 0.847. The van der Waals surface area contributed by atoms with Gasteiger partial charge in [-0.1, -0.05) is 25.7 Å². The highest BCUT2D eigenvalue weighted by atomic mass is 28.3. The normalized spacial score (nSPS) is 11.3. The zero-order valence-corrected chi connectivity index (χ0v) is 9.22. The average Bonchev–Trinajstić information content (AvgIpc) is 1.96. The van der Waals surface area contributed by atoms with Crippen LogP contribution in [0.15, 0.2) is 0 Å². The Morgan fingerprint density at radius 2 is 2.00 bits per heavy atom. The molecule has 4 heteroatoms. The molecule has 0 atom stereocenters. The summed E-state index contributed by atoms with van der Waals surface area (Å²) in [6.45, 7) is 7.43. The van der Waals surface area contributed by atoms with Crippen LogP contribution >= 0.6 is 0 Å². The molecule has 0 rings (SSSR count). The smallest absolute Gasteiger partial charge is 0.319 e. The molecule has 0 unspecified atom stereocenters. The molecule has 0 aromatic carbocycles. The lowest BCUT2D eigenvalue weighted by atomic mass is 10.5. The highest BCUT2D eigenvalue weighted by Gasteiger charge is 2.12. The van der Waals surface area contributed by atoms with Gasteiger partial charge in [-0.2, -0.15) is 0 Å². The molecule has 0 amide bonds. The number of ether oxygens (including phenoxy) is 1.